The second kappa shape index (κ2) is 3.65. The molecule has 3 unspecified atom stereocenters. The van der Waals surface area contributed by atoms with Crippen LogP contribution in [-0.4, -0.2) is 25.7 Å². The van der Waals surface area contributed by atoms with Gasteiger partial charge in [0.05, 0.1) is 0 Å². The summed E-state index contributed by atoms with van der Waals surface area (Å²) in [5.74, 6) is 0.671. The summed E-state index contributed by atoms with van der Waals surface area (Å²) in [5, 5.41) is 0. The van der Waals surface area contributed by atoms with Crippen LogP contribution in [-0.2, 0) is 11.3 Å². The minimum Gasteiger partial charge on any atom is -0.760 e. The Morgan fingerprint density at radius 2 is 2.18 bits per heavy atom. The molecule has 1 rings (SSSR count). The molecule has 0 aromatic rings. The molecular weight excluding hydrogens is 162 g/mol. The molecule has 0 spiro atoms. The number of nitrogens with zero attached hydrogens (tertiary/aromatic N) is 1. The summed E-state index contributed by atoms with van der Waals surface area (Å²) in [4.78, 5) is 0. The van der Waals surface area contributed by atoms with Gasteiger partial charge in [0.15, 0.2) is 0 Å². The molecule has 1 saturated heterocycles. The van der Waals surface area contributed by atoms with Gasteiger partial charge in [-0.3, -0.25) is 4.21 Å². The van der Waals surface area contributed by atoms with E-state index in [0.717, 1.165) is 12.8 Å². The van der Waals surface area contributed by atoms with Crippen molar-refractivity contribution in [1.29, 1.82) is 0 Å². The summed E-state index contributed by atoms with van der Waals surface area (Å²) in [6.45, 7) is 4.82. The van der Waals surface area contributed by atoms with E-state index in [0.29, 0.717) is 12.5 Å². The van der Waals surface area contributed by atoms with Crippen LogP contribution in [0.4, 0.5) is 0 Å². The Balaban J connectivity index is 2.50. The van der Waals surface area contributed by atoms with Crippen molar-refractivity contribution in [2.24, 2.45) is 5.92 Å². The lowest BCUT2D eigenvalue weighted by atomic mass is 9.95. The van der Waals surface area contributed by atoms with Crippen molar-refractivity contribution in [2.75, 3.05) is 6.54 Å². The Morgan fingerprint density at radius 3 is 2.64 bits per heavy atom. The summed E-state index contributed by atoms with van der Waals surface area (Å²) >= 11 is -2.01. The molecule has 1 aliphatic heterocycles. The van der Waals surface area contributed by atoms with Crippen LogP contribution in [0.15, 0.2) is 0 Å². The largest absolute Gasteiger partial charge is 0.760 e. The summed E-state index contributed by atoms with van der Waals surface area (Å²) in [6, 6.07) is 0.192. The Kier molecular flexibility index (Phi) is 3.04. The highest BCUT2D eigenvalue weighted by Gasteiger charge is 2.22. The molecule has 1 aliphatic rings. The standard InChI is InChI=1S/C7H15NO2S/c1-6-3-4-8(11(9)10)7(2)5-6/h6-7H,3-5H2,1-2H3,(H,9,10)/p-1. The van der Waals surface area contributed by atoms with Gasteiger partial charge in [-0.15, -0.1) is 0 Å². The molecule has 0 amide bonds. The Bertz CT molecular complexity index is 163. The fourth-order valence-corrected chi connectivity index (χ4v) is 2.24. The van der Waals surface area contributed by atoms with Crippen molar-refractivity contribution in [1.82, 2.24) is 4.31 Å². The summed E-state index contributed by atoms with van der Waals surface area (Å²) in [6.07, 6.45) is 1.99. The maximum absolute atomic E-state index is 10.6. The first-order chi connectivity index (χ1) is 5.11. The van der Waals surface area contributed by atoms with Crippen LogP contribution in [0.25, 0.3) is 0 Å². The normalized spacial score (nSPS) is 37.0. The molecule has 1 heterocycles. The third kappa shape index (κ3) is 2.25. The first kappa shape index (κ1) is 9.16. The Hall–Kier alpha value is 0.0700. The van der Waals surface area contributed by atoms with E-state index < -0.39 is 11.3 Å². The summed E-state index contributed by atoms with van der Waals surface area (Å²) < 4.78 is 22.7. The summed E-state index contributed by atoms with van der Waals surface area (Å²) in [7, 11) is 0. The topological polar surface area (TPSA) is 43.4 Å². The number of hydrogen-bond acceptors (Lipinski definition) is 2. The molecule has 0 radical (unpaired) electrons. The second-order valence-electron chi connectivity index (χ2n) is 3.34. The van der Waals surface area contributed by atoms with Crippen LogP contribution >= 0.6 is 0 Å². The zero-order chi connectivity index (χ0) is 8.43. The van der Waals surface area contributed by atoms with Gasteiger partial charge in [0.2, 0.25) is 0 Å². The highest BCUT2D eigenvalue weighted by atomic mass is 32.2. The van der Waals surface area contributed by atoms with E-state index >= 15 is 0 Å². The zero-order valence-corrected chi connectivity index (χ0v) is 7.76. The van der Waals surface area contributed by atoms with Gasteiger partial charge in [-0.05, 0) is 25.7 Å². The molecule has 1 fully saturated rings. The highest BCUT2D eigenvalue weighted by Crippen LogP contribution is 2.22. The predicted octanol–water partition coefficient (Wildman–Crippen LogP) is 0.901. The molecular formula is C7H14NO2S-. The molecule has 0 aliphatic carbocycles. The van der Waals surface area contributed by atoms with Crippen LogP contribution in [0.3, 0.4) is 0 Å². The van der Waals surface area contributed by atoms with Crippen molar-refractivity contribution >= 4 is 11.3 Å². The van der Waals surface area contributed by atoms with E-state index in [4.69, 9.17) is 0 Å². The minimum absolute atomic E-state index is 0.192. The molecule has 11 heavy (non-hydrogen) atoms. The maximum atomic E-state index is 10.6. The van der Waals surface area contributed by atoms with Crippen LogP contribution in [0.1, 0.15) is 26.7 Å². The smallest absolute Gasteiger partial charge is 0.0211 e. The van der Waals surface area contributed by atoms with Crippen molar-refractivity contribution in [2.45, 2.75) is 32.7 Å². The highest BCUT2D eigenvalue weighted by molar-refractivity contribution is 7.76. The number of hydrogen-bond donors (Lipinski definition) is 0. The molecule has 0 aromatic carbocycles. The number of piperidine rings is 1. The lowest BCUT2D eigenvalue weighted by molar-refractivity contribution is 0.215. The number of rotatable bonds is 1. The van der Waals surface area contributed by atoms with E-state index in [1.54, 1.807) is 0 Å². The van der Waals surface area contributed by atoms with Gasteiger partial charge in [0, 0.05) is 23.9 Å². The van der Waals surface area contributed by atoms with Crippen molar-refractivity contribution in [3.63, 3.8) is 0 Å². The fourth-order valence-electron chi connectivity index (χ4n) is 1.61. The third-order valence-corrected chi connectivity index (χ3v) is 3.19. The van der Waals surface area contributed by atoms with Gasteiger partial charge in [0.25, 0.3) is 0 Å². The first-order valence-electron chi connectivity index (χ1n) is 3.97. The monoisotopic (exact) mass is 176 g/mol. The predicted molar refractivity (Wildman–Crippen MR) is 43.5 cm³/mol. The quantitative estimate of drug-likeness (QED) is 0.557. The van der Waals surface area contributed by atoms with Gasteiger partial charge in [0.1, 0.15) is 0 Å². The second-order valence-corrected chi connectivity index (χ2v) is 4.24. The molecule has 0 bridgehead atoms. The molecule has 0 N–H and O–H groups in total. The lowest BCUT2D eigenvalue weighted by Crippen LogP contribution is -2.41. The van der Waals surface area contributed by atoms with Crippen molar-refractivity contribution in [3.8, 4) is 0 Å². The van der Waals surface area contributed by atoms with Crippen LogP contribution in [0, 0.1) is 5.92 Å². The molecule has 3 atom stereocenters. The zero-order valence-electron chi connectivity index (χ0n) is 6.95. The van der Waals surface area contributed by atoms with Crippen molar-refractivity contribution < 1.29 is 8.76 Å². The Labute approximate surface area is 70.2 Å². The van der Waals surface area contributed by atoms with Gasteiger partial charge in [-0.25, -0.2) is 4.31 Å². The fraction of sp³-hybridized carbons (Fsp3) is 1.00. The average Bonchev–Trinajstić information content (AvgIpc) is 1.85. The minimum atomic E-state index is -2.01. The SMILES string of the molecule is CC1CCN(S(=O)[O-])C(C)C1. The third-order valence-electron chi connectivity index (χ3n) is 2.27. The van der Waals surface area contributed by atoms with E-state index in [-0.39, 0.29) is 6.04 Å². The van der Waals surface area contributed by atoms with E-state index in [9.17, 15) is 8.76 Å². The summed E-state index contributed by atoms with van der Waals surface area (Å²) in [5.41, 5.74) is 0. The van der Waals surface area contributed by atoms with Gasteiger partial charge < -0.3 is 4.55 Å². The Morgan fingerprint density at radius 1 is 1.55 bits per heavy atom. The van der Waals surface area contributed by atoms with Crippen LogP contribution < -0.4 is 0 Å². The van der Waals surface area contributed by atoms with Crippen LogP contribution in [0.5, 0.6) is 0 Å². The van der Waals surface area contributed by atoms with Gasteiger partial charge in [-0.1, -0.05) is 6.92 Å². The molecule has 4 heteroatoms. The van der Waals surface area contributed by atoms with Gasteiger partial charge >= 0.3 is 0 Å². The van der Waals surface area contributed by atoms with E-state index in [1.807, 2.05) is 6.92 Å². The van der Waals surface area contributed by atoms with Gasteiger partial charge in [-0.2, -0.15) is 0 Å². The lowest BCUT2D eigenvalue weighted by Gasteiger charge is -2.36. The van der Waals surface area contributed by atoms with Crippen LogP contribution in [0.2, 0.25) is 0 Å². The van der Waals surface area contributed by atoms with E-state index in [2.05, 4.69) is 6.92 Å². The average molecular weight is 176 g/mol. The molecule has 0 saturated carbocycles. The molecule has 0 aromatic heterocycles. The first-order valence-corrected chi connectivity index (χ1v) is 5.00. The van der Waals surface area contributed by atoms with E-state index in [1.165, 1.54) is 4.31 Å². The molecule has 66 valence electrons. The maximum Gasteiger partial charge on any atom is 0.0211 e. The molecule has 3 nitrogen and oxygen atoms in total. The van der Waals surface area contributed by atoms with Crippen molar-refractivity contribution in [3.05, 3.63) is 0 Å².